The maximum Gasteiger partial charge on any atom is 0.320 e. The van der Waals surface area contributed by atoms with Crippen molar-refractivity contribution in [3.8, 4) is 11.5 Å². The molecule has 1 aromatic carbocycles. The van der Waals surface area contributed by atoms with E-state index in [1.54, 1.807) is 14.1 Å². The van der Waals surface area contributed by atoms with Crippen LogP contribution in [0.5, 0.6) is 11.5 Å². The number of nitrogens with one attached hydrogen (secondary N) is 1. The first-order valence-corrected chi connectivity index (χ1v) is 10.5. The number of likely N-dealkylation sites (N-methyl/N-ethyl adjacent to an activating group) is 1. The summed E-state index contributed by atoms with van der Waals surface area (Å²) >= 11 is 0. The molecule has 0 radical (unpaired) electrons. The Kier molecular flexibility index (Phi) is 6.49. The highest BCUT2D eigenvalue weighted by Crippen LogP contribution is 2.40. The molecule has 0 aromatic heterocycles. The van der Waals surface area contributed by atoms with Gasteiger partial charge in [-0.25, -0.2) is 4.99 Å². The lowest BCUT2D eigenvalue weighted by molar-refractivity contribution is -0.148. The Morgan fingerprint density at radius 1 is 1.34 bits per heavy atom. The standard InChI is InChI=1S/C22H24F2N4O7/c1-11-25-17(6-7-28(11)21-22(23,24)18(30)15(9-29)35-21)26-19(31)12-4-5-13-14(8-12)34-16(10-33-13)20(32)27(2)3/h4-8,15-16,18,21,29-30H,1,9-10H2,2-3H3,(H,25,26,31)/t15-,16?,18-,21?/m1/s1. The molecule has 2 unspecified atom stereocenters. The summed E-state index contributed by atoms with van der Waals surface area (Å²) in [5.41, 5.74) is 0.175. The molecule has 4 atom stereocenters. The lowest BCUT2D eigenvalue weighted by Gasteiger charge is -2.32. The summed E-state index contributed by atoms with van der Waals surface area (Å²) in [5.74, 6) is -4.13. The van der Waals surface area contributed by atoms with Crippen LogP contribution < -0.4 is 14.8 Å². The van der Waals surface area contributed by atoms with Gasteiger partial charge in [-0.2, -0.15) is 8.78 Å². The van der Waals surface area contributed by atoms with Crippen LogP contribution in [0.2, 0.25) is 0 Å². The Morgan fingerprint density at radius 3 is 2.71 bits per heavy atom. The SMILES string of the molecule is C=C1N=C(NC(=O)c2ccc3c(c2)OC(C(=O)N(C)C)CO3)C=CN1C1O[C@H](CO)[C@@H](O)C1(F)F. The molecule has 3 aliphatic heterocycles. The van der Waals surface area contributed by atoms with Crippen LogP contribution in [0.1, 0.15) is 10.4 Å². The zero-order valence-electron chi connectivity index (χ0n) is 18.9. The fraction of sp³-hybridized carbons (Fsp3) is 0.409. The van der Waals surface area contributed by atoms with Gasteiger partial charge >= 0.3 is 5.92 Å². The number of alkyl halides is 2. The summed E-state index contributed by atoms with van der Waals surface area (Å²) in [4.78, 5) is 31.2. The van der Waals surface area contributed by atoms with Gasteiger partial charge in [-0.1, -0.05) is 6.58 Å². The third-order valence-electron chi connectivity index (χ3n) is 5.58. The van der Waals surface area contributed by atoms with Gasteiger partial charge in [0.2, 0.25) is 12.3 Å². The predicted octanol–water partition coefficient (Wildman–Crippen LogP) is 0.0568. The van der Waals surface area contributed by atoms with Gasteiger partial charge in [-0.3, -0.25) is 9.59 Å². The summed E-state index contributed by atoms with van der Waals surface area (Å²) in [7, 11) is 3.18. The molecule has 0 spiro atoms. The van der Waals surface area contributed by atoms with E-state index in [4.69, 9.17) is 19.3 Å². The number of fused-ring (bicyclic) bond motifs is 1. The first kappa shape index (κ1) is 24.6. The molecule has 2 amide bonds. The van der Waals surface area contributed by atoms with E-state index in [0.717, 1.165) is 4.90 Å². The van der Waals surface area contributed by atoms with Crippen molar-refractivity contribution in [3.63, 3.8) is 0 Å². The van der Waals surface area contributed by atoms with Crippen LogP contribution in [0.3, 0.4) is 0 Å². The molecule has 11 nitrogen and oxygen atoms in total. The van der Waals surface area contributed by atoms with Gasteiger partial charge in [0.1, 0.15) is 24.4 Å². The van der Waals surface area contributed by atoms with Crippen molar-refractivity contribution in [1.29, 1.82) is 0 Å². The smallest absolute Gasteiger partial charge is 0.320 e. The molecule has 35 heavy (non-hydrogen) atoms. The van der Waals surface area contributed by atoms with Crippen LogP contribution in [0, 0.1) is 0 Å². The van der Waals surface area contributed by atoms with Crippen LogP contribution in [0.15, 0.2) is 47.9 Å². The topological polar surface area (TPSA) is 133 Å². The summed E-state index contributed by atoms with van der Waals surface area (Å²) < 4.78 is 45.1. The summed E-state index contributed by atoms with van der Waals surface area (Å²) in [5, 5.41) is 21.4. The number of aliphatic hydroxyl groups is 2. The molecule has 13 heteroatoms. The van der Waals surface area contributed by atoms with Gasteiger partial charge < -0.3 is 39.5 Å². The second-order valence-corrected chi connectivity index (χ2v) is 8.23. The normalized spacial score (nSPS) is 26.9. The molecule has 1 saturated heterocycles. The summed E-state index contributed by atoms with van der Waals surface area (Å²) in [6.07, 6.45) is -4.02. The average Bonchev–Trinajstić information content (AvgIpc) is 3.06. The van der Waals surface area contributed by atoms with Crippen molar-refractivity contribution >= 4 is 17.6 Å². The minimum absolute atomic E-state index is 0.0207. The third-order valence-corrected chi connectivity index (χ3v) is 5.58. The number of aliphatic hydroxyl groups excluding tert-OH is 2. The van der Waals surface area contributed by atoms with E-state index in [0.29, 0.717) is 5.75 Å². The van der Waals surface area contributed by atoms with E-state index < -0.39 is 43.0 Å². The van der Waals surface area contributed by atoms with Crippen LogP contribution in [-0.4, -0.2) is 95.4 Å². The maximum absolute atomic E-state index is 14.4. The van der Waals surface area contributed by atoms with Gasteiger partial charge in [0.25, 0.3) is 11.8 Å². The Morgan fingerprint density at radius 2 is 2.09 bits per heavy atom. The Bertz CT molecular complexity index is 1110. The van der Waals surface area contributed by atoms with Crippen LogP contribution in [0.4, 0.5) is 8.78 Å². The molecule has 1 fully saturated rings. The van der Waals surface area contributed by atoms with E-state index >= 15 is 0 Å². The molecule has 3 heterocycles. The number of hydrogen-bond donors (Lipinski definition) is 3. The number of amidine groups is 1. The van der Waals surface area contributed by atoms with Gasteiger partial charge in [0.15, 0.2) is 17.6 Å². The number of hydrogen-bond acceptors (Lipinski definition) is 9. The lowest BCUT2D eigenvalue weighted by atomic mass is 10.1. The van der Waals surface area contributed by atoms with Gasteiger partial charge in [0, 0.05) is 25.9 Å². The van der Waals surface area contributed by atoms with Crippen molar-refractivity contribution < 1.29 is 42.8 Å². The average molecular weight is 494 g/mol. The van der Waals surface area contributed by atoms with E-state index in [1.807, 2.05) is 0 Å². The molecule has 4 rings (SSSR count). The number of carbonyl (C=O) groups excluding carboxylic acids is 2. The molecule has 0 bridgehead atoms. The molecule has 188 valence electrons. The van der Waals surface area contributed by atoms with Crippen molar-refractivity contribution in [3.05, 3.63) is 48.4 Å². The van der Waals surface area contributed by atoms with Gasteiger partial charge in [0.05, 0.1) is 6.61 Å². The summed E-state index contributed by atoms with van der Waals surface area (Å²) in [6, 6.07) is 4.43. The molecule has 0 aliphatic carbocycles. The van der Waals surface area contributed by atoms with Crippen LogP contribution in [0.25, 0.3) is 0 Å². The first-order chi connectivity index (χ1) is 16.5. The second kappa shape index (κ2) is 9.24. The number of amides is 2. The van der Waals surface area contributed by atoms with E-state index in [9.17, 15) is 23.5 Å². The Hall–Kier alpha value is -3.55. The number of ether oxygens (including phenoxy) is 3. The number of benzene rings is 1. The quantitative estimate of drug-likeness (QED) is 0.535. The van der Waals surface area contributed by atoms with Crippen molar-refractivity contribution in [1.82, 2.24) is 15.1 Å². The Balaban J connectivity index is 1.44. The third kappa shape index (κ3) is 4.57. The number of carbonyl (C=O) groups is 2. The molecular formula is C22H24F2N4O7. The number of aliphatic imine (C=N–C) groups is 1. The number of nitrogens with zero attached hydrogens (tertiary/aromatic N) is 3. The van der Waals surface area contributed by atoms with E-state index in [1.165, 1.54) is 35.4 Å². The predicted molar refractivity (Wildman–Crippen MR) is 117 cm³/mol. The zero-order valence-corrected chi connectivity index (χ0v) is 18.9. The Labute approximate surface area is 198 Å². The highest BCUT2D eigenvalue weighted by Gasteiger charge is 2.60. The lowest BCUT2D eigenvalue weighted by Crippen LogP contribution is -2.47. The highest BCUT2D eigenvalue weighted by atomic mass is 19.3. The fourth-order valence-corrected chi connectivity index (χ4v) is 3.68. The second-order valence-electron chi connectivity index (χ2n) is 8.23. The summed E-state index contributed by atoms with van der Waals surface area (Å²) in [6.45, 7) is 2.86. The highest BCUT2D eigenvalue weighted by molar-refractivity contribution is 6.10. The van der Waals surface area contributed by atoms with Gasteiger partial charge in [-0.05, 0) is 24.3 Å². The molecular weight excluding hydrogens is 470 g/mol. The minimum atomic E-state index is -3.70. The number of halogens is 2. The van der Waals surface area contributed by atoms with Crippen molar-refractivity contribution in [2.24, 2.45) is 4.99 Å². The molecule has 3 N–H and O–H groups in total. The fourth-order valence-electron chi connectivity index (χ4n) is 3.68. The monoisotopic (exact) mass is 494 g/mol. The van der Waals surface area contributed by atoms with E-state index in [-0.39, 0.29) is 35.5 Å². The van der Waals surface area contributed by atoms with Crippen LogP contribution in [-0.2, 0) is 9.53 Å². The largest absolute Gasteiger partial charge is 0.485 e. The number of rotatable bonds is 4. The molecule has 3 aliphatic rings. The van der Waals surface area contributed by atoms with Crippen LogP contribution >= 0.6 is 0 Å². The van der Waals surface area contributed by atoms with Gasteiger partial charge in [-0.15, -0.1) is 0 Å². The molecule has 1 aromatic rings. The zero-order chi connectivity index (χ0) is 25.5. The maximum atomic E-state index is 14.4. The van der Waals surface area contributed by atoms with E-state index in [2.05, 4.69) is 16.9 Å². The molecule has 0 saturated carbocycles. The van der Waals surface area contributed by atoms with Crippen molar-refractivity contribution in [2.75, 3.05) is 27.3 Å². The minimum Gasteiger partial charge on any atom is -0.485 e. The first-order valence-electron chi connectivity index (χ1n) is 10.5. The van der Waals surface area contributed by atoms with Crippen molar-refractivity contribution in [2.45, 2.75) is 30.5 Å².